The molecule has 0 fully saturated rings. The first kappa shape index (κ1) is 22.3. The van der Waals surface area contributed by atoms with Crippen molar-refractivity contribution < 1.29 is 14.3 Å². The molecular formula is C22H18Cl2N4O3S. The lowest BCUT2D eigenvalue weighted by Gasteiger charge is -2.14. The number of thioether (sulfide) groups is 1. The Morgan fingerprint density at radius 2 is 1.84 bits per heavy atom. The second kappa shape index (κ2) is 9.68. The summed E-state index contributed by atoms with van der Waals surface area (Å²) >= 11 is 13.9. The van der Waals surface area contributed by atoms with E-state index in [2.05, 4.69) is 15.2 Å². The maximum atomic E-state index is 12.5. The van der Waals surface area contributed by atoms with Crippen molar-refractivity contribution in [1.29, 1.82) is 0 Å². The van der Waals surface area contributed by atoms with Gasteiger partial charge in [0, 0.05) is 11.2 Å². The highest BCUT2D eigenvalue weighted by molar-refractivity contribution is 7.99. The minimum absolute atomic E-state index is 0.0517. The first-order valence-electron chi connectivity index (χ1n) is 9.44. The Labute approximate surface area is 198 Å². The number of methoxy groups -OCH3 is 2. The van der Waals surface area contributed by atoms with E-state index in [-0.39, 0.29) is 11.5 Å². The molecule has 1 N–H and O–H groups in total. The lowest BCUT2D eigenvalue weighted by atomic mass is 10.2. The minimum atomic E-state index is -0.0517. The summed E-state index contributed by atoms with van der Waals surface area (Å²) in [6.07, 6.45) is 1.71. The van der Waals surface area contributed by atoms with E-state index in [1.807, 2.05) is 10.6 Å². The number of Topliss-reactive ketones (excluding diaryl/α,β-unsaturated/α-hetero) is 1. The Morgan fingerprint density at radius 3 is 2.53 bits per heavy atom. The zero-order valence-electron chi connectivity index (χ0n) is 17.1. The highest BCUT2D eigenvalue weighted by atomic mass is 35.5. The van der Waals surface area contributed by atoms with E-state index >= 15 is 0 Å². The van der Waals surface area contributed by atoms with Crippen LogP contribution in [0.15, 0.2) is 59.9 Å². The van der Waals surface area contributed by atoms with Crippen molar-refractivity contribution in [3.8, 4) is 28.6 Å². The average Bonchev–Trinajstić information content (AvgIpc) is 3.47. The molecule has 0 saturated carbocycles. The van der Waals surface area contributed by atoms with Crippen LogP contribution in [0.4, 0.5) is 0 Å². The fourth-order valence-corrected chi connectivity index (χ4v) is 4.39. The quantitative estimate of drug-likeness (QED) is 0.258. The number of H-pyrrole nitrogens is 1. The number of rotatable bonds is 8. The van der Waals surface area contributed by atoms with Crippen LogP contribution < -0.4 is 9.47 Å². The van der Waals surface area contributed by atoms with Crippen LogP contribution in [-0.4, -0.2) is 45.5 Å². The van der Waals surface area contributed by atoms with E-state index in [4.69, 9.17) is 32.7 Å². The van der Waals surface area contributed by atoms with Gasteiger partial charge in [-0.05, 0) is 48.5 Å². The molecule has 32 heavy (non-hydrogen) atoms. The smallest absolute Gasteiger partial charge is 0.196 e. The van der Waals surface area contributed by atoms with Crippen molar-refractivity contribution in [2.75, 3.05) is 20.0 Å². The van der Waals surface area contributed by atoms with Crippen LogP contribution in [0, 0.1) is 0 Å². The van der Waals surface area contributed by atoms with Gasteiger partial charge in [-0.3, -0.25) is 9.36 Å². The Kier molecular flexibility index (Phi) is 6.74. The number of halogens is 2. The summed E-state index contributed by atoms with van der Waals surface area (Å²) in [6.45, 7) is 0. The van der Waals surface area contributed by atoms with E-state index in [9.17, 15) is 4.79 Å². The molecule has 4 rings (SSSR count). The van der Waals surface area contributed by atoms with E-state index in [0.29, 0.717) is 49.5 Å². The summed E-state index contributed by atoms with van der Waals surface area (Å²) in [5.41, 5.74) is 1.89. The molecule has 0 radical (unpaired) electrons. The van der Waals surface area contributed by atoms with Crippen molar-refractivity contribution >= 4 is 40.7 Å². The highest BCUT2D eigenvalue weighted by Crippen LogP contribution is 2.36. The number of carbonyl (C=O) groups is 1. The molecule has 0 bridgehead atoms. The first-order valence-corrected chi connectivity index (χ1v) is 11.2. The largest absolute Gasteiger partial charge is 0.496 e. The number of carbonyl (C=O) groups excluding carboxylic acids is 1. The third kappa shape index (κ3) is 4.48. The molecule has 7 nitrogen and oxygen atoms in total. The summed E-state index contributed by atoms with van der Waals surface area (Å²) in [4.78, 5) is 15.4. The minimum Gasteiger partial charge on any atom is -0.496 e. The Morgan fingerprint density at radius 1 is 1.06 bits per heavy atom. The predicted molar refractivity (Wildman–Crippen MR) is 126 cm³/mol. The zero-order chi connectivity index (χ0) is 22.7. The molecule has 0 spiro atoms. The second-order valence-corrected chi connectivity index (χ2v) is 8.39. The van der Waals surface area contributed by atoms with Gasteiger partial charge in [-0.1, -0.05) is 35.0 Å². The molecule has 0 saturated heterocycles. The number of ether oxygens (including phenoxy) is 2. The van der Waals surface area contributed by atoms with Gasteiger partial charge in [0.05, 0.1) is 41.9 Å². The molecule has 4 aromatic rings. The molecule has 0 aliphatic carbocycles. The lowest BCUT2D eigenvalue weighted by Crippen LogP contribution is -2.05. The Balaban J connectivity index is 1.80. The SMILES string of the molecule is COc1ccc(-n2c(SCC(=O)c3ccc[nH]3)nnc2-c2cc(Cl)ccc2OC)cc1Cl. The topological polar surface area (TPSA) is 82.0 Å². The summed E-state index contributed by atoms with van der Waals surface area (Å²) in [5, 5.41) is 10.2. The van der Waals surface area contributed by atoms with Gasteiger partial charge in [0.2, 0.25) is 0 Å². The van der Waals surface area contributed by atoms with E-state index in [1.54, 1.807) is 62.9 Å². The van der Waals surface area contributed by atoms with Crippen LogP contribution in [0.3, 0.4) is 0 Å². The van der Waals surface area contributed by atoms with E-state index in [1.165, 1.54) is 11.8 Å². The van der Waals surface area contributed by atoms with Crippen LogP contribution in [0.5, 0.6) is 11.5 Å². The van der Waals surface area contributed by atoms with Gasteiger partial charge in [0.25, 0.3) is 0 Å². The third-order valence-electron chi connectivity index (χ3n) is 4.66. The zero-order valence-corrected chi connectivity index (χ0v) is 19.5. The number of aromatic nitrogens is 4. The number of hydrogen-bond acceptors (Lipinski definition) is 6. The van der Waals surface area contributed by atoms with Crippen LogP contribution in [0.1, 0.15) is 10.5 Å². The van der Waals surface area contributed by atoms with Crippen LogP contribution in [-0.2, 0) is 0 Å². The first-order chi connectivity index (χ1) is 15.5. The standard InChI is InChI=1S/C22H18Cl2N4O3S/c1-30-19-7-5-13(23)10-15(19)21-26-27-22(32-12-18(29)17-4-3-9-25-17)28(21)14-6-8-20(31-2)16(24)11-14/h3-11,25H,12H2,1-2H3. The molecule has 2 aromatic heterocycles. The Hall–Kier alpha value is -2.94. The molecule has 0 aliphatic heterocycles. The summed E-state index contributed by atoms with van der Waals surface area (Å²) in [7, 11) is 3.12. The van der Waals surface area contributed by atoms with Gasteiger partial charge < -0.3 is 14.5 Å². The molecule has 10 heteroatoms. The molecule has 0 unspecified atom stereocenters. The molecule has 0 atom stereocenters. The van der Waals surface area contributed by atoms with Gasteiger partial charge in [-0.25, -0.2) is 0 Å². The van der Waals surface area contributed by atoms with Crippen molar-refractivity contribution in [1.82, 2.24) is 19.7 Å². The number of aromatic amines is 1. The van der Waals surface area contributed by atoms with Crippen molar-refractivity contribution in [2.45, 2.75) is 5.16 Å². The molecule has 164 valence electrons. The van der Waals surface area contributed by atoms with Crippen molar-refractivity contribution in [2.24, 2.45) is 0 Å². The van der Waals surface area contributed by atoms with Crippen molar-refractivity contribution in [3.05, 3.63) is 70.5 Å². The molecule has 2 aromatic carbocycles. The van der Waals surface area contributed by atoms with Crippen molar-refractivity contribution in [3.63, 3.8) is 0 Å². The lowest BCUT2D eigenvalue weighted by molar-refractivity contribution is 0.101. The number of nitrogens with zero attached hydrogens (tertiary/aromatic N) is 3. The fourth-order valence-electron chi connectivity index (χ4n) is 3.13. The predicted octanol–water partition coefficient (Wildman–Crippen LogP) is 5.56. The van der Waals surface area contributed by atoms with Gasteiger partial charge in [-0.15, -0.1) is 10.2 Å². The average molecular weight is 489 g/mol. The second-order valence-electron chi connectivity index (χ2n) is 6.60. The maximum Gasteiger partial charge on any atom is 0.196 e. The number of hydrogen-bond donors (Lipinski definition) is 1. The van der Waals surface area contributed by atoms with Gasteiger partial charge in [0.15, 0.2) is 16.8 Å². The summed E-state index contributed by atoms with van der Waals surface area (Å²) < 4.78 is 12.6. The number of benzene rings is 2. The highest BCUT2D eigenvalue weighted by Gasteiger charge is 2.21. The summed E-state index contributed by atoms with van der Waals surface area (Å²) in [5.74, 6) is 1.75. The van der Waals surface area contributed by atoms with Gasteiger partial charge in [0.1, 0.15) is 11.5 Å². The van der Waals surface area contributed by atoms with E-state index in [0.717, 1.165) is 0 Å². The monoisotopic (exact) mass is 488 g/mol. The van der Waals surface area contributed by atoms with Crippen LogP contribution >= 0.6 is 35.0 Å². The fraction of sp³-hybridized carbons (Fsp3) is 0.136. The van der Waals surface area contributed by atoms with Gasteiger partial charge in [-0.2, -0.15) is 0 Å². The third-order valence-corrected chi connectivity index (χ3v) is 6.12. The molecule has 2 heterocycles. The molecule has 0 amide bonds. The number of nitrogens with one attached hydrogen (secondary N) is 1. The summed E-state index contributed by atoms with van der Waals surface area (Å²) in [6, 6.07) is 14.1. The maximum absolute atomic E-state index is 12.5. The molecule has 0 aliphatic rings. The van der Waals surface area contributed by atoms with E-state index < -0.39 is 0 Å². The normalized spacial score (nSPS) is 10.9. The Bertz CT molecular complexity index is 1260. The van der Waals surface area contributed by atoms with Crippen LogP contribution in [0.25, 0.3) is 17.1 Å². The van der Waals surface area contributed by atoms with Crippen LogP contribution in [0.2, 0.25) is 10.0 Å². The number of ketones is 1. The molecular weight excluding hydrogens is 471 g/mol. The van der Waals surface area contributed by atoms with Gasteiger partial charge >= 0.3 is 0 Å².